The first kappa shape index (κ1) is 20.4. The van der Waals surface area contributed by atoms with Crippen LogP contribution < -0.4 is 0 Å². The van der Waals surface area contributed by atoms with E-state index in [4.69, 9.17) is 0 Å². The quantitative estimate of drug-likeness (QED) is 0.472. The Labute approximate surface area is 172 Å². The molecule has 1 saturated heterocycles. The van der Waals surface area contributed by atoms with Crippen LogP contribution in [-0.4, -0.2) is 29.1 Å². The smallest absolute Gasteiger partial charge is 0.351 e. The minimum absolute atomic E-state index is 0.0657. The first-order valence-electron chi connectivity index (χ1n) is 8.51. The molecule has 0 aliphatic carbocycles. The van der Waals surface area contributed by atoms with Gasteiger partial charge >= 0.3 is 6.18 Å². The number of aromatic nitrogens is 1. The van der Waals surface area contributed by atoms with E-state index in [1.54, 1.807) is 17.0 Å². The molecule has 0 atom stereocenters. The van der Waals surface area contributed by atoms with Gasteiger partial charge in [-0.1, -0.05) is 12.1 Å². The Bertz CT molecular complexity index is 886. The van der Waals surface area contributed by atoms with E-state index in [1.807, 2.05) is 0 Å². The molecule has 3 heterocycles. The number of hydrogen-bond donors (Lipinski definition) is 0. The fourth-order valence-corrected chi connectivity index (χ4v) is 4.54. The molecule has 2 aromatic rings. The number of allylic oxidation sites excluding steroid dienone is 1. The number of hydrogen-bond acceptors (Lipinski definition) is 4. The Morgan fingerprint density at radius 1 is 1.41 bits per heavy atom. The van der Waals surface area contributed by atoms with Gasteiger partial charge in [0.1, 0.15) is 5.69 Å². The number of piperidine rings is 1. The van der Waals surface area contributed by atoms with Crippen LogP contribution in [0.5, 0.6) is 0 Å². The first-order chi connectivity index (χ1) is 12.7. The van der Waals surface area contributed by atoms with Crippen LogP contribution in [0.1, 0.15) is 47.2 Å². The largest absolute Gasteiger partial charge is 0.452 e. The third-order valence-corrected chi connectivity index (χ3v) is 7.11. The molecule has 4 nitrogen and oxygen atoms in total. The maximum atomic E-state index is 12.9. The van der Waals surface area contributed by atoms with Gasteiger partial charge in [-0.25, -0.2) is 0 Å². The second-order valence-electron chi connectivity index (χ2n) is 6.34. The summed E-state index contributed by atoms with van der Waals surface area (Å²) in [5.41, 5.74) is 1.35. The maximum Gasteiger partial charge on any atom is 0.452 e. The van der Waals surface area contributed by atoms with Gasteiger partial charge in [0.05, 0.1) is 9.75 Å². The van der Waals surface area contributed by atoms with Crippen LogP contribution in [0.25, 0.3) is 10.6 Å². The van der Waals surface area contributed by atoms with Gasteiger partial charge in [0, 0.05) is 18.7 Å². The summed E-state index contributed by atoms with van der Waals surface area (Å²) in [4.78, 5) is 15.6. The summed E-state index contributed by atoms with van der Waals surface area (Å²) in [5.74, 6) is -1.19. The first-order valence-corrected chi connectivity index (χ1v) is 10.4. The van der Waals surface area contributed by atoms with Gasteiger partial charge in [0.25, 0.3) is 5.91 Å². The van der Waals surface area contributed by atoms with E-state index >= 15 is 0 Å². The van der Waals surface area contributed by atoms with Gasteiger partial charge in [0.2, 0.25) is 5.76 Å². The average molecular weight is 510 g/mol. The number of thiophene rings is 1. The number of amides is 1. The van der Waals surface area contributed by atoms with Crippen molar-refractivity contribution in [2.75, 3.05) is 13.1 Å². The van der Waals surface area contributed by atoms with Crippen molar-refractivity contribution in [3.63, 3.8) is 0 Å². The monoisotopic (exact) mass is 510 g/mol. The predicted octanol–water partition coefficient (Wildman–Crippen LogP) is 6.07. The van der Waals surface area contributed by atoms with Gasteiger partial charge in [0.15, 0.2) is 0 Å². The lowest BCUT2D eigenvalue weighted by atomic mass is 10.0. The molecule has 9 heteroatoms. The molecular weight excluding hydrogens is 492 g/mol. The average Bonchev–Trinajstić information content (AvgIpc) is 3.26. The molecule has 2 aromatic heterocycles. The van der Waals surface area contributed by atoms with Crippen molar-refractivity contribution in [1.82, 2.24) is 10.1 Å². The number of carbonyl (C=O) groups is 1. The van der Waals surface area contributed by atoms with Crippen molar-refractivity contribution in [1.29, 1.82) is 0 Å². The Hall–Kier alpha value is -1.36. The second kappa shape index (κ2) is 7.94. The molecule has 0 radical (unpaired) electrons. The maximum absolute atomic E-state index is 12.9. The van der Waals surface area contributed by atoms with Crippen LogP contribution in [0.3, 0.4) is 0 Å². The zero-order valence-corrected chi connectivity index (χ0v) is 17.8. The van der Waals surface area contributed by atoms with E-state index in [0.717, 1.165) is 30.6 Å². The highest BCUT2D eigenvalue weighted by Crippen LogP contribution is 2.38. The lowest BCUT2D eigenvalue weighted by Gasteiger charge is -2.29. The molecule has 0 aromatic carbocycles. The van der Waals surface area contributed by atoms with E-state index in [0.29, 0.717) is 22.8 Å². The fraction of sp³-hybridized carbons (Fsp3) is 0.444. The van der Waals surface area contributed by atoms with Gasteiger partial charge in [-0.3, -0.25) is 4.79 Å². The predicted molar refractivity (Wildman–Crippen MR) is 106 cm³/mol. The highest BCUT2D eigenvalue weighted by Gasteiger charge is 2.39. The zero-order chi connectivity index (χ0) is 19.8. The molecule has 0 unspecified atom stereocenters. The van der Waals surface area contributed by atoms with Crippen molar-refractivity contribution in [2.45, 2.75) is 39.3 Å². The molecule has 27 heavy (non-hydrogen) atoms. The van der Waals surface area contributed by atoms with E-state index in [-0.39, 0.29) is 17.2 Å². The minimum Gasteiger partial charge on any atom is -0.351 e. The molecule has 1 fully saturated rings. The number of likely N-dealkylation sites (tertiary alicyclic amines) is 1. The van der Waals surface area contributed by atoms with Crippen LogP contribution in [0.15, 0.2) is 25.8 Å². The van der Waals surface area contributed by atoms with Crippen LogP contribution in [0, 0.1) is 6.92 Å². The van der Waals surface area contributed by atoms with Crippen molar-refractivity contribution in [3.05, 3.63) is 37.5 Å². The van der Waals surface area contributed by atoms with E-state index in [1.165, 1.54) is 16.1 Å². The standard InChI is InChI=1S/C18H18F3IN2O2S/c1-3-12(22)11-5-4-8-24(9-11)17(25)14-7-6-13(27-14)15-10(2)16(26-23-15)18(19,20)21/h6-7H,3-5,8-9H2,1-2H3/b12-11+. The van der Waals surface area contributed by atoms with Crippen LogP contribution in [-0.2, 0) is 6.18 Å². The van der Waals surface area contributed by atoms with Gasteiger partial charge in [-0.2, -0.15) is 13.2 Å². The summed E-state index contributed by atoms with van der Waals surface area (Å²) >= 11 is 3.47. The van der Waals surface area contributed by atoms with E-state index < -0.39 is 11.9 Å². The van der Waals surface area contributed by atoms with Gasteiger partial charge in [-0.15, -0.1) is 11.3 Å². The molecule has 0 bridgehead atoms. The van der Waals surface area contributed by atoms with Gasteiger partial charge < -0.3 is 9.42 Å². The zero-order valence-electron chi connectivity index (χ0n) is 14.8. The number of rotatable bonds is 3. The third-order valence-electron chi connectivity index (χ3n) is 4.50. The topological polar surface area (TPSA) is 46.3 Å². The van der Waals surface area contributed by atoms with Crippen molar-refractivity contribution in [2.24, 2.45) is 0 Å². The van der Waals surface area contributed by atoms with Crippen LogP contribution in [0.2, 0.25) is 0 Å². The molecule has 146 valence electrons. The number of carbonyl (C=O) groups excluding carboxylic acids is 1. The van der Waals surface area contributed by atoms with Gasteiger partial charge in [-0.05, 0) is 70.1 Å². The van der Waals surface area contributed by atoms with Crippen molar-refractivity contribution >= 4 is 39.8 Å². The molecule has 0 spiro atoms. The van der Waals surface area contributed by atoms with Crippen molar-refractivity contribution < 1.29 is 22.5 Å². The minimum atomic E-state index is -4.59. The summed E-state index contributed by atoms with van der Waals surface area (Å²) < 4.78 is 44.4. The molecule has 0 saturated carbocycles. The SMILES string of the molecule is CC/C(I)=C1/CCCN(C(=O)c2ccc(-c3noc(C(F)(F)F)c3C)s2)C1. The second-order valence-corrected chi connectivity index (χ2v) is 8.73. The molecule has 0 N–H and O–H groups in total. The summed E-state index contributed by atoms with van der Waals surface area (Å²) in [6.07, 6.45) is -1.71. The Kier molecular flexibility index (Phi) is 5.99. The van der Waals surface area contributed by atoms with Crippen LogP contribution in [0.4, 0.5) is 13.2 Å². The molecule has 3 rings (SSSR count). The molecule has 1 amide bonds. The molecule has 1 aliphatic rings. The normalized spacial score (nSPS) is 17.3. The third kappa shape index (κ3) is 4.23. The highest BCUT2D eigenvalue weighted by molar-refractivity contribution is 14.1. The molecular formula is C18H18F3IN2O2S. The fourth-order valence-electron chi connectivity index (χ4n) is 3.08. The number of halogens is 4. The summed E-state index contributed by atoms with van der Waals surface area (Å²) in [6.45, 7) is 4.71. The molecule has 1 aliphatic heterocycles. The Morgan fingerprint density at radius 3 is 2.78 bits per heavy atom. The highest BCUT2D eigenvalue weighted by atomic mass is 127. The van der Waals surface area contributed by atoms with E-state index in [2.05, 4.69) is 39.2 Å². The lowest BCUT2D eigenvalue weighted by Crippen LogP contribution is -2.36. The van der Waals surface area contributed by atoms with E-state index in [9.17, 15) is 18.0 Å². The van der Waals surface area contributed by atoms with Crippen LogP contribution >= 0.6 is 33.9 Å². The van der Waals surface area contributed by atoms with Crippen molar-refractivity contribution in [3.8, 4) is 10.6 Å². The summed E-state index contributed by atoms with van der Waals surface area (Å²) in [6, 6.07) is 3.27. The summed E-state index contributed by atoms with van der Waals surface area (Å²) in [5, 5.41) is 3.57. The number of nitrogens with zero attached hydrogens (tertiary/aromatic N) is 2. The lowest BCUT2D eigenvalue weighted by molar-refractivity contribution is -0.156. The Morgan fingerprint density at radius 2 is 2.15 bits per heavy atom. The summed E-state index contributed by atoms with van der Waals surface area (Å²) in [7, 11) is 0. The Balaban J connectivity index is 1.82. The number of alkyl halides is 3.